The van der Waals surface area contributed by atoms with Gasteiger partial charge in [-0.05, 0) is 62.8 Å². The van der Waals surface area contributed by atoms with E-state index in [2.05, 4.69) is 15.6 Å². The van der Waals surface area contributed by atoms with Crippen LogP contribution in [-0.4, -0.2) is 27.9 Å². The monoisotopic (exact) mass is 354 g/mol. The van der Waals surface area contributed by atoms with E-state index in [1.54, 1.807) is 0 Å². The van der Waals surface area contributed by atoms with E-state index >= 15 is 0 Å². The summed E-state index contributed by atoms with van der Waals surface area (Å²) in [4.78, 5) is 29.7. The number of nitrogens with zero attached hydrogens (tertiary/aromatic N) is 2. The fourth-order valence-corrected chi connectivity index (χ4v) is 3.23. The van der Waals surface area contributed by atoms with E-state index < -0.39 is 0 Å². The van der Waals surface area contributed by atoms with Crippen LogP contribution in [0.2, 0.25) is 0 Å². The van der Waals surface area contributed by atoms with E-state index in [0.29, 0.717) is 18.1 Å². The van der Waals surface area contributed by atoms with E-state index in [1.807, 2.05) is 43.5 Å². The van der Waals surface area contributed by atoms with Gasteiger partial charge >= 0.3 is 0 Å². The third-order valence-electron chi connectivity index (χ3n) is 4.84. The normalized spacial score (nSPS) is 13.2. The third-order valence-corrected chi connectivity index (χ3v) is 4.84. The molecule has 0 atom stereocenters. The van der Waals surface area contributed by atoms with E-state index in [4.69, 9.17) is 0 Å². The lowest BCUT2D eigenvalue weighted by molar-refractivity contribution is 0.0947. The summed E-state index contributed by atoms with van der Waals surface area (Å²) >= 11 is 0. The van der Waals surface area contributed by atoms with Gasteiger partial charge in [-0.25, -0.2) is 4.98 Å². The van der Waals surface area contributed by atoms with Gasteiger partial charge in [-0.2, -0.15) is 0 Å². The number of aromatic nitrogens is 2. The van der Waals surface area contributed by atoms with Crippen LogP contribution in [-0.2, 0) is 13.0 Å². The van der Waals surface area contributed by atoms with Gasteiger partial charge in [0.2, 0.25) is 0 Å². The van der Waals surface area contributed by atoms with Crippen molar-refractivity contribution in [2.45, 2.75) is 53.0 Å². The summed E-state index contributed by atoms with van der Waals surface area (Å²) in [5.41, 5.74) is 4.30. The quantitative estimate of drug-likeness (QED) is 0.865. The van der Waals surface area contributed by atoms with E-state index in [-0.39, 0.29) is 11.8 Å². The number of anilines is 1. The van der Waals surface area contributed by atoms with E-state index in [9.17, 15) is 9.59 Å². The summed E-state index contributed by atoms with van der Waals surface area (Å²) in [7, 11) is 0. The Hall–Kier alpha value is -2.63. The Kier molecular flexibility index (Phi) is 5.40. The zero-order valence-corrected chi connectivity index (χ0v) is 15.7. The standard InChI is InChI=1S/C20H26N4O2/c1-4-10-21-19(25)17-16-7-5-6-11-24(16)18(23-17)20(26)22-15-9-8-13(2)14(3)12-15/h8-9,12H,4-7,10-11H2,1-3H3,(H,21,25)(H,22,26). The fourth-order valence-electron chi connectivity index (χ4n) is 3.23. The minimum absolute atomic E-state index is 0.192. The topological polar surface area (TPSA) is 76.0 Å². The molecule has 0 saturated heterocycles. The van der Waals surface area contributed by atoms with Gasteiger partial charge in [0, 0.05) is 18.8 Å². The van der Waals surface area contributed by atoms with Crippen molar-refractivity contribution in [3.8, 4) is 0 Å². The summed E-state index contributed by atoms with van der Waals surface area (Å²) in [6.07, 6.45) is 3.64. The zero-order valence-electron chi connectivity index (χ0n) is 15.7. The zero-order chi connectivity index (χ0) is 18.7. The van der Waals surface area contributed by atoms with Crippen LogP contribution in [0.4, 0.5) is 5.69 Å². The number of rotatable bonds is 5. The van der Waals surface area contributed by atoms with Gasteiger partial charge in [-0.15, -0.1) is 0 Å². The maximum Gasteiger partial charge on any atom is 0.291 e. The maximum atomic E-state index is 12.8. The summed E-state index contributed by atoms with van der Waals surface area (Å²) < 4.78 is 1.90. The first-order valence-corrected chi connectivity index (χ1v) is 9.27. The molecule has 3 rings (SSSR count). The smallest absolute Gasteiger partial charge is 0.291 e. The van der Waals surface area contributed by atoms with Crippen molar-refractivity contribution in [3.05, 3.63) is 46.5 Å². The second kappa shape index (κ2) is 7.72. The molecule has 0 bridgehead atoms. The third kappa shape index (κ3) is 3.64. The highest BCUT2D eigenvalue weighted by molar-refractivity contribution is 6.03. The van der Waals surface area contributed by atoms with Gasteiger partial charge in [-0.3, -0.25) is 9.59 Å². The fraction of sp³-hybridized carbons (Fsp3) is 0.450. The van der Waals surface area contributed by atoms with Crippen LogP contribution in [0.3, 0.4) is 0 Å². The van der Waals surface area contributed by atoms with E-state index in [0.717, 1.165) is 49.2 Å². The molecule has 26 heavy (non-hydrogen) atoms. The molecule has 0 spiro atoms. The summed E-state index contributed by atoms with van der Waals surface area (Å²) in [5, 5.41) is 5.79. The van der Waals surface area contributed by atoms with Crippen LogP contribution >= 0.6 is 0 Å². The number of hydrogen-bond donors (Lipinski definition) is 2. The molecule has 0 aliphatic carbocycles. The molecule has 6 nitrogen and oxygen atoms in total. The molecule has 0 fully saturated rings. The summed E-state index contributed by atoms with van der Waals surface area (Å²) in [6, 6.07) is 5.81. The van der Waals surface area contributed by atoms with Gasteiger partial charge in [0.25, 0.3) is 11.8 Å². The molecule has 0 unspecified atom stereocenters. The molecule has 2 heterocycles. The number of nitrogens with one attached hydrogen (secondary N) is 2. The number of carbonyl (C=O) groups is 2. The number of aryl methyl sites for hydroxylation is 2. The highest BCUT2D eigenvalue weighted by Crippen LogP contribution is 2.22. The molecule has 0 saturated carbocycles. The van der Waals surface area contributed by atoms with Crippen molar-refractivity contribution >= 4 is 17.5 Å². The number of amides is 2. The van der Waals surface area contributed by atoms with Gasteiger partial charge < -0.3 is 15.2 Å². The molecule has 1 aliphatic heterocycles. The molecule has 6 heteroatoms. The van der Waals surface area contributed by atoms with E-state index in [1.165, 1.54) is 5.56 Å². The van der Waals surface area contributed by atoms with Crippen LogP contribution < -0.4 is 10.6 Å². The predicted octanol–water partition coefficient (Wildman–Crippen LogP) is 3.23. The Morgan fingerprint density at radius 3 is 2.69 bits per heavy atom. The van der Waals surface area contributed by atoms with Gasteiger partial charge in [0.15, 0.2) is 5.82 Å². The van der Waals surface area contributed by atoms with Gasteiger partial charge in [0.05, 0.1) is 5.69 Å². The number of hydrogen-bond acceptors (Lipinski definition) is 3. The van der Waals surface area contributed by atoms with Crippen molar-refractivity contribution in [2.24, 2.45) is 0 Å². The number of carbonyl (C=O) groups excluding carboxylic acids is 2. The molecule has 1 aliphatic rings. The first kappa shape index (κ1) is 18.2. The Morgan fingerprint density at radius 1 is 1.15 bits per heavy atom. The molecule has 0 radical (unpaired) electrons. The minimum atomic E-state index is -0.272. The Balaban J connectivity index is 1.88. The van der Waals surface area contributed by atoms with Crippen LogP contribution in [0.15, 0.2) is 18.2 Å². The average molecular weight is 354 g/mol. The maximum absolute atomic E-state index is 12.8. The lowest BCUT2D eigenvalue weighted by Gasteiger charge is -2.17. The molecular weight excluding hydrogens is 328 g/mol. The van der Waals surface area contributed by atoms with Crippen LogP contribution in [0.5, 0.6) is 0 Å². The number of imidazole rings is 1. The van der Waals surface area contributed by atoms with Crippen LogP contribution in [0.25, 0.3) is 0 Å². The minimum Gasteiger partial charge on any atom is -0.351 e. The molecule has 1 aromatic heterocycles. The lowest BCUT2D eigenvalue weighted by atomic mass is 10.1. The molecule has 138 valence electrons. The van der Waals surface area contributed by atoms with Crippen LogP contribution in [0.1, 0.15) is 64.1 Å². The largest absolute Gasteiger partial charge is 0.351 e. The molecule has 2 N–H and O–H groups in total. The first-order valence-electron chi connectivity index (χ1n) is 9.27. The summed E-state index contributed by atoms with van der Waals surface area (Å²) in [6.45, 7) is 7.38. The van der Waals surface area contributed by atoms with Gasteiger partial charge in [-0.1, -0.05) is 13.0 Å². The Labute approximate surface area is 154 Å². The highest BCUT2D eigenvalue weighted by Gasteiger charge is 2.27. The highest BCUT2D eigenvalue weighted by atomic mass is 16.2. The van der Waals surface area contributed by atoms with Crippen LogP contribution in [0, 0.1) is 13.8 Å². The van der Waals surface area contributed by atoms with Crippen molar-refractivity contribution in [3.63, 3.8) is 0 Å². The average Bonchev–Trinajstić information content (AvgIpc) is 3.03. The Bertz CT molecular complexity index is 839. The summed E-state index contributed by atoms with van der Waals surface area (Å²) in [5.74, 6) is -0.145. The second-order valence-corrected chi connectivity index (χ2v) is 6.85. The van der Waals surface area contributed by atoms with Crippen molar-refractivity contribution in [1.29, 1.82) is 0 Å². The Morgan fingerprint density at radius 2 is 1.96 bits per heavy atom. The lowest BCUT2D eigenvalue weighted by Crippen LogP contribution is -2.26. The number of fused-ring (bicyclic) bond motifs is 1. The molecular formula is C20H26N4O2. The van der Waals surface area contributed by atoms with Gasteiger partial charge in [0.1, 0.15) is 5.69 Å². The first-order chi connectivity index (χ1) is 12.5. The van der Waals surface area contributed by atoms with Crippen molar-refractivity contribution in [1.82, 2.24) is 14.9 Å². The molecule has 2 aromatic rings. The van der Waals surface area contributed by atoms with Crippen molar-refractivity contribution < 1.29 is 9.59 Å². The SMILES string of the molecule is CCCNC(=O)c1nc(C(=O)Nc2ccc(C)c(C)c2)n2c1CCCC2. The number of benzene rings is 1. The molecule has 1 aromatic carbocycles. The van der Waals surface area contributed by atoms with Crippen molar-refractivity contribution in [2.75, 3.05) is 11.9 Å². The predicted molar refractivity (Wildman–Crippen MR) is 102 cm³/mol. The second-order valence-electron chi connectivity index (χ2n) is 6.85. The molecule has 2 amide bonds.